The maximum Gasteiger partial charge on any atom is 0.327 e. The maximum atomic E-state index is 13.2. The summed E-state index contributed by atoms with van der Waals surface area (Å²) in [4.78, 5) is 38.3. The molecule has 3 N–H and O–H groups in total. The molecule has 2 amide bonds. The van der Waals surface area contributed by atoms with Crippen LogP contribution in [0, 0.1) is 11.7 Å². The molecular formula is C20H29FN4O6S. The zero-order valence-corrected chi connectivity index (χ0v) is 19.2. The van der Waals surface area contributed by atoms with Crippen molar-refractivity contribution in [3.05, 3.63) is 30.1 Å². The number of sulfonamides is 1. The van der Waals surface area contributed by atoms with E-state index in [0.717, 1.165) is 33.5 Å². The van der Waals surface area contributed by atoms with Crippen LogP contribution in [-0.2, 0) is 24.4 Å². The highest BCUT2D eigenvalue weighted by Gasteiger charge is 2.42. The molecule has 1 heterocycles. The van der Waals surface area contributed by atoms with Crippen LogP contribution >= 0.6 is 0 Å². The van der Waals surface area contributed by atoms with Crippen molar-refractivity contribution in [2.24, 2.45) is 5.92 Å². The van der Waals surface area contributed by atoms with Crippen molar-refractivity contribution in [3.63, 3.8) is 0 Å². The number of hydrogen-bond donors (Lipinski definition) is 3. The maximum absolute atomic E-state index is 13.2. The summed E-state index contributed by atoms with van der Waals surface area (Å²) in [6.45, 7) is 4.29. The van der Waals surface area contributed by atoms with Crippen molar-refractivity contribution in [2.45, 2.75) is 43.8 Å². The fourth-order valence-corrected chi connectivity index (χ4v) is 4.75. The first-order chi connectivity index (χ1) is 14.9. The van der Waals surface area contributed by atoms with Crippen LogP contribution < -0.4 is 10.6 Å². The van der Waals surface area contributed by atoms with E-state index in [9.17, 15) is 32.3 Å². The van der Waals surface area contributed by atoms with Gasteiger partial charge in [-0.1, -0.05) is 13.8 Å². The average molecular weight is 473 g/mol. The van der Waals surface area contributed by atoms with Crippen LogP contribution in [0.25, 0.3) is 0 Å². The smallest absolute Gasteiger partial charge is 0.327 e. The molecule has 2 rings (SSSR count). The number of carboxylic acids is 1. The van der Waals surface area contributed by atoms with Crippen molar-refractivity contribution in [2.75, 3.05) is 26.7 Å². The number of rotatable bonds is 8. The normalized spacial score (nSPS) is 19.4. The van der Waals surface area contributed by atoms with Crippen LogP contribution in [0.4, 0.5) is 4.39 Å². The van der Waals surface area contributed by atoms with E-state index in [2.05, 4.69) is 10.6 Å². The summed E-state index contributed by atoms with van der Waals surface area (Å²) in [7, 11) is -2.48. The van der Waals surface area contributed by atoms with E-state index in [1.54, 1.807) is 27.8 Å². The van der Waals surface area contributed by atoms with Gasteiger partial charge in [0.05, 0.1) is 10.9 Å². The molecule has 178 valence electrons. The summed E-state index contributed by atoms with van der Waals surface area (Å²) in [6, 6.07) is 1.24. The molecule has 0 aliphatic carbocycles. The second-order valence-electron chi connectivity index (χ2n) is 7.94. The van der Waals surface area contributed by atoms with E-state index in [1.165, 1.54) is 0 Å². The van der Waals surface area contributed by atoms with E-state index < -0.39 is 58.3 Å². The Morgan fingerprint density at radius 3 is 2.22 bits per heavy atom. The lowest BCUT2D eigenvalue weighted by atomic mass is 10.0. The molecule has 1 aromatic rings. The predicted octanol–water partition coefficient (Wildman–Crippen LogP) is -0.139. The fraction of sp³-hybridized carbons (Fsp3) is 0.550. The predicted molar refractivity (Wildman–Crippen MR) is 114 cm³/mol. The Hall–Kier alpha value is -2.57. The molecule has 1 aliphatic heterocycles. The van der Waals surface area contributed by atoms with E-state index in [0.29, 0.717) is 0 Å². The minimum Gasteiger partial charge on any atom is -0.480 e. The summed E-state index contributed by atoms with van der Waals surface area (Å²) in [5.41, 5.74) is 0. The molecule has 0 saturated carbocycles. The molecule has 1 saturated heterocycles. The lowest BCUT2D eigenvalue weighted by molar-refractivity contribution is -0.154. The third-order valence-corrected chi connectivity index (χ3v) is 7.30. The van der Waals surface area contributed by atoms with Gasteiger partial charge in [-0.2, -0.15) is 4.31 Å². The van der Waals surface area contributed by atoms with Crippen LogP contribution in [0.15, 0.2) is 29.2 Å². The van der Waals surface area contributed by atoms with Crippen LogP contribution in [0.1, 0.15) is 20.8 Å². The molecule has 0 bridgehead atoms. The van der Waals surface area contributed by atoms with Gasteiger partial charge in [-0.3, -0.25) is 9.59 Å². The number of nitrogens with one attached hydrogen (secondary N) is 2. The quantitative estimate of drug-likeness (QED) is 0.479. The van der Waals surface area contributed by atoms with Crippen molar-refractivity contribution < 1.29 is 32.3 Å². The number of carbonyl (C=O) groups is 3. The zero-order chi connectivity index (χ0) is 24.2. The average Bonchev–Trinajstić information content (AvgIpc) is 2.75. The summed E-state index contributed by atoms with van der Waals surface area (Å²) >= 11 is 0. The van der Waals surface area contributed by atoms with Crippen LogP contribution in [-0.4, -0.2) is 85.3 Å². The Morgan fingerprint density at radius 1 is 1.12 bits per heavy atom. The molecule has 0 aromatic heterocycles. The Balaban J connectivity index is 2.25. The van der Waals surface area contributed by atoms with E-state index in [1.807, 2.05) is 0 Å². The van der Waals surface area contributed by atoms with Crippen molar-refractivity contribution in [1.29, 1.82) is 0 Å². The monoisotopic (exact) mass is 472 g/mol. The van der Waals surface area contributed by atoms with Crippen molar-refractivity contribution in [3.8, 4) is 0 Å². The first kappa shape index (κ1) is 25.7. The molecule has 0 spiro atoms. The standard InChI is InChI=1S/C20H29FN4O6S/c1-12(2)17(23-18(26)13(3)22-4)19(27)25-10-9-24(11-16(25)20(28)29)32(30,31)15-7-5-14(21)6-8-15/h5-8,12-13,16-17,22H,9-11H2,1-4H3,(H,23,26)(H,28,29). The van der Waals surface area contributed by atoms with Crippen molar-refractivity contribution >= 4 is 27.8 Å². The van der Waals surface area contributed by atoms with Gasteiger partial charge < -0.3 is 20.6 Å². The number of piperazine rings is 1. The van der Waals surface area contributed by atoms with Gasteiger partial charge in [-0.05, 0) is 44.2 Å². The molecular weight excluding hydrogens is 443 g/mol. The SMILES string of the molecule is CNC(C)C(=O)NC(C(=O)N1CCN(S(=O)(=O)c2ccc(F)cc2)CC1C(=O)O)C(C)C. The Labute approximate surface area is 186 Å². The fourth-order valence-electron chi connectivity index (χ4n) is 3.31. The molecule has 1 fully saturated rings. The van der Waals surface area contributed by atoms with Gasteiger partial charge in [0, 0.05) is 19.6 Å². The number of benzene rings is 1. The Bertz CT molecular complexity index is 953. The lowest BCUT2D eigenvalue weighted by Gasteiger charge is -2.40. The number of carbonyl (C=O) groups excluding carboxylic acids is 2. The van der Waals surface area contributed by atoms with Crippen molar-refractivity contribution in [1.82, 2.24) is 19.8 Å². The Kier molecular flexibility index (Phi) is 8.32. The summed E-state index contributed by atoms with van der Waals surface area (Å²) < 4.78 is 39.9. The minimum absolute atomic E-state index is 0.138. The number of likely N-dealkylation sites (N-methyl/N-ethyl adjacent to an activating group) is 1. The van der Waals surface area contributed by atoms with Gasteiger partial charge in [0.2, 0.25) is 21.8 Å². The number of nitrogens with zero attached hydrogens (tertiary/aromatic N) is 2. The number of aliphatic carboxylic acids is 1. The van der Waals surface area contributed by atoms with E-state index in [4.69, 9.17) is 0 Å². The zero-order valence-electron chi connectivity index (χ0n) is 18.4. The van der Waals surface area contributed by atoms with E-state index >= 15 is 0 Å². The van der Waals surface area contributed by atoms with Gasteiger partial charge >= 0.3 is 5.97 Å². The minimum atomic E-state index is -4.08. The number of carboxylic acid groups (broad SMARTS) is 1. The first-order valence-corrected chi connectivity index (χ1v) is 11.6. The van der Waals surface area contributed by atoms with Crippen LogP contribution in [0.2, 0.25) is 0 Å². The highest BCUT2D eigenvalue weighted by atomic mass is 32.2. The molecule has 10 nitrogen and oxygen atoms in total. The van der Waals surface area contributed by atoms with Gasteiger partial charge in [0.25, 0.3) is 0 Å². The first-order valence-electron chi connectivity index (χ1n) is 10.2. The number of halogens is 1. The molecule has 12 heteroatoms. The summed E-state index contributed by atoms with van der Waals surface area (Å²) in [6.07, 6.45) is 0. The third kappa shape index (κ3) is 5.61. The molecule has 1 aromatic carbocycles. The number of hydrogen-bond acceptors (Lipinski definition) is 6. The molecule has 3 unspecified atom stereocenters. The van der Waals surface area contributed by atoms with E-state index in [-0.39, 0.29) is 23.9 Å². The topological polar surface area (TPSA) is 136 Å². The molecule has 0 radical (unpaired) electrons. The Morgan fingerprint density at radius 2 is 1.72 bits per heavy atom. The van der Waals surface area contributed by atoms with Gasteiger partial charge in [0.15, 0.2) is 0 Å². The second-order valence-corrected chi connectivity index (χ2v) is 9.88. The van der Waals surface area contributed by atoms with Crippen LogP contribution in [0.5, 0.6) is 0 Å². The molecule has 3 atom stereocenters. The largest absolute Gasteiger partial charge is 0.480 e. The summed E-state index contributed by atoms with van der Waals surface area (Å²) in [5.74, 6) is -3.30. The lowest BCUT2D eigenvalue weighted by Crippen LogP contribution is -2.63. The third-order valence-electron chi connectivity index (χ3n) is 5.42. The number of amides is 2. The molecule has 1 aliphatic rings. The van der Waals surface area contributed by atoms with Crippen LogP contribution in [0.3, 0.4) is 0 Å². The van der Waals surface area contributed by atoms with Gasteiger partial charge in [-0.25, -0.2) is 17.6 Å². The highest BCUT2D eigenvalue weighted by molar-refractivity contribution is 7.89. The van der Waals surface area contributed by atoms with Gasteiger partial charge in [-0.15, -0.1) is 0 Å². The highest BCUT2D eigenvalue weighted by Crippen LogP contribution is 2.22. The molecule has 32 heavy (non-hydrogen) atoms. The van der Waals surface area contributed by atoms with Gasteiger partial charge in [0.1, 0.15) is 17.9 Å². The second kappa shape index (κ2) is 10.4. The summed E-state index contributed by atoms with van der Waals surface area (Å²) in [5, 5.41) is 15.1.